The van der Waals surface area contributed by atoms with E-state index in [1.165, 1.54) is 6.07 Å². The highest BCUT2D eigenvalue weighted by Gasteiger charge is 2.15. The van der Waals surface area contributed by atoms with Gasteiger partial charge >= 0.3 is 0 Å². The molecule has 78 valence electrons. The van der Waals surface area contributed by atoms with Gasteiger partial charge in [0.15, 0.2) is 11.6 Å². The van der Waals surface area contributed by atoms with Gasteiger partial charge in [0, 0.05) is 5.54 Å². The van der Waals surface area contributed by atoms with E-state index in [-0.39, 0.29) is 10.6 Å². The maximum atomic E-state index is 13.0. The summed E-state index contributed by atoms with van der Waals surface area (Å²) in [6.45, 7) is 5.72. The standard InChI is InChI=1S/C10H12ClF2N/c1-10(2,3)14-7-5-4-6(12)9(13)8(7)11/h4-5,14H,1-3H3. The monoisotopic (exact) mass is 219 g/mol. The fourth-order valence-electron chi connectivity index (χ4n) is 1.03. The summed E-state index contributed by atoms with van der Waals surface area (Å²) >= 11 is 5.63. The topological polar surface area (TPSA) is 12.0 Å². The smallest absolute Gasteiger partial charge is 0.179 e. The van der Waals surface area contributed by atoms with Crippen molar-refractivity contribution in [3.63, 3.8) is 0 Å². The zero-order chi connectivity index (χ0) is 10.9. The first-order chi connectivity index (χ1) is 6.31. The first-order valence-corrected chi connectivity index (χ1v) is 4.61. The molecule has 1 N–H and O–H groups in total. The number of benzene rings is 1. The van der Waals surface area contributed by atoms with Gasteiger partial charge in [-0.3, -0.25) is 0 Å². The summed E-state index contributed by atoms with van der Waals surface area (Å²) in [7, 11) is 0. The van der Waals surface area contributed by atoms with Crippen molar-refractivity contribution in [3.05, 3.63) is 28.8 Å². The van der Waals surface area contributed by atoms with Gasteiger partial charge in [-0.25, -0.2) is 8.78 Å². The van der Waals surface area contributed by atoms with E-state index < -0.39 is 11.6 Å². The third-order valence-corrected chi connectivity index (χ3v) is 1.91. The Kier molecular flexibility index (Phi) is 3.00. The second-order valence-corrected chi connectivity index (χ2v) is 4.48. The molecule has 0 spiro atoms. The van der Waals surface area contributed by atoms with Gasteiger partial charge in [0.1, 0.15) is 5.02 Å². The molecule has 4 heteroatoms. The summed E-state index contributed by atoms with van der Waals surface area (Å²) in [5.74, 6) is -1.95. The molecule has 0 unspecified atom stereocenters. The molecule has 0 fully saturated rings. The fraction of sp³-hybridized carbons (Fsp3) is 0.400. The molecule has 0 heterocycles. The summed E-state index contributed by atoms with van der Waals surface area (Å²) in [5.41, 5.74) is 0.159. The second kappa shape index (κ2) is 3.73. The lowest BCUT2D eigenvalue weighted by Gasteiger charge is -2.23. The van der Waals surface area contributed by atoms with E-state index in [0.29, 0.717) is 5.69 Å². The van der Waals surface area contributed by atoms with Crippen LogP contribution in [0.15, 0.2) is 12.1 Å². The minimum Gasteiger partial charge on any atom is -0.379 e. The minimum absolute atomic E-state index is 0.208. The lowest BCUT2D eigenvalue weighted by atomic mass is 10.1. The van der Waals surface area contributed by atoms with Crippen molar-refractivity contribution in [2.24, 2.45) is 0 Å². The highest BCUT2D eigenvalue weighted by Crippen LogP contribution is 2.28. The normalized spacial score (nSPS) is 11.6. The number of nitrogens with one attached hydrogen (secondary N) is 1. The first-order valence-electron chi connectivity index (χ1n) is 4.23. The Morgan fingerprint density at radius 1 is 1.21 bits per heavy atom. The summed E-state index contributed by atoms with van der Waals surface area (Å²) in [5, 5.41) is 2.77. The van der Waals surface area contributed by atoms with Gasteiger partial charge in [-0.05, 0) is 32.9 Å². The predicted octanol–water partition coefficient (Wildman–Crippen LogP) is 3.83. The van der Waals surface area contributed by atoms with Crippen LogP contribution < -0.4 is 5.32 Å². The van der Waals surface area contributed by atoms with Crippen LogP contribution in [-0.2, 0) is 0 Å². The number of hydrogen-bond donors (Lipinski definition) is 1. The molecule has 0 aliphatic carbocycles. The van der Waals surface area contributed by atoms with Crippen LogP contribution >= 0.6 is 11.6 Å². The SMILES string of the molecule is CC(C)(C)Nc1ccc(F)c(F)c1Cl. The zero-order valence-corrected chi connectivity index (χ0v) is 9.04. The molecule has 0 amide bonds. The van der Waals surface area contributed by atoms with Gasteiger partial charge < -0.3 is 5.32 Å². The van der Waals surface area contributed by atoms with Crippen molar-refractivity contribution in [1.82, 2.24) is 0 Å². The van der Waals surface area contributed by atoms with Crippen LogP contribution in [0, 0.1) is 11.6 Å². The molecule has 1 rings (SSSR count). The number of halogens is 3. The maximum Gasteiger partial charge on any atom is 0.179 e. The fourth-order valence-corrected chi connectivity index (χ4v) is 1.23. The van der Waals surface area contributed by atoms with E-state index in [4.69, 9.17) is 11.6 Å². The minimum atomic E-state index is -1.01. The molecule has 14 heavy (non-hydrogen) atoms. The molecule has 0 saturated carbocycles. The molecular weight excluding hydrogens is 208 g/mol. The van der Waals surface area contributed by atoms with Crippen molar-refractivity contribution in [3.8, 4) is 0 Å². The van der Waals surface area contributed by atoms with E-state index in [1.54, 1.807) is 0 Å². The average Bonchev–Trinajstić information content (AvgIpc) is 2.04. The van der Waals surface area contributed by atoms with Crippen LogP contribution in [0.3, 0.4) is 0 Å². The van der Waals surface area contributed by atoms with Crippen molar-refractivity contribution in [2.75, 3.05) is 5.32 Å². The summed E-state index contributed by atoms with van der Waals surface area (Å²) in [4.78, 5) is 0. The molecule has 0 atom stereocenters. The molecule has 0 aliphatic heterocycles. The van der Waals surface area contributed by atoms with Crippen molar-refractivity contribution >= 4 is 17.3 Å². The highest BCUT2D eigenvalue weighted by atomic mass is 35.5. The van der Waals surface area contributed by atoms with Crippen LogP contribution in [0.2, 0.25) is 5.02 Å². The van der Waals surface area contributed by atoms with Gasteiger partial charge in [0.2, 0.25) is 0 Å². The van der Waals surface area contributed by atoms with E-state index in [2.05, 4.69) is 5.32 Å². The lowest BCUT2D eigenvalue weighted by molar-refractivity contribution is 0.508. The van der Waals surface area contributed by atoms with Gasteiger partial charge in [-0.1, -0.05) is 11.6 Å². The molecule has 0 radical (unpaired) electrons. The average molecular weight is 220 g/mol. The van der Waals surface area contributed by atoms with Crippen LogP contribution in [0.25, 0.3) is 0 Å². The Morgan fingerprint density at radius 2 is 1.79 bits per heavy atom. The van der Waals surface area contributed by atoms with Gasteiger partial charge in [0.05, 0.1) is 5.69 Å². The quantitative estimate of drug-likeness (QED) is 0.708. The van der Waals surface area contributed by atoms with Gasteiger partial charge in [-0.2, -0.15) is 0 Å². The third-order valence-electron chi connectivity index (χ3n) is 1.54. The van der Waals surface area contributed by atoms with Crippen molar-refractivity contribution < 1.29 is 8.78 Å². The van der Waals surface area contributed by atoms with E-state index in [0.717, 1.165) is 6.07 Å². The van der Waals surface area contributed by atoms with E-state index in [9.17, 15) is 8.78 Å². The van der Waals surface area contributed by atoms with E-state index >= 15 is 0 Å². The maximum absolute atomic E-state index is 13.0. The predicted molar refractivity (Wildman–Crippen MR) is 54.7 cm³/mol. The molecule has 0 saturated heterocycles. The molecule has 0 bridgehead atoms. The number of rotatable bonds is 1. The highest BCUT2D eigenvalue weighted by molar-refractivity contribution is 6.33. The lowest BCUT2D eigenvalue weighted by Crippen LogP contribution is -2.26. The van der Waals surface area contributed by atoms with Crippen LogP contribution in [0.1, 0.15) is 20.8 Å². The molecule has 0 aliphatic rings. The Hall–Kier alpha value is -0.830. The molecular formula is C10H12ClF2N. The van der Waals surface area contributed by atoms with Gasteiger partial charge in [-0.15, -0.1) is 0 Å². The van der Waals surface area contributed by atoms with E-state index in [1.807, 2.05) is 20.8 Å². The molecule has 1 aromatic rings. The number of anilines is 1. The first kappa shape index (κ1) is 11.2. The molecule has 1 aromatic carbocycles. The molecule has 0 aromatic heterocycles. The van der Waals surface area contributed by atoms with Gasteiger partial charge in [0.25, 0.3) is 0 Å². The van der Waals surface area contributed by atoms with Crippen molar-refractivity contribution in [1.29, 1.82) is 0 Å². The number of hydrogen-bond acceptors (Lipinski definition) is 1. The Balaban J connectivity index is 3.06. The summed E-state index contributed by atoms with van der Waals surface area (Å²) in [6.07, 6.45) is 0. The van der Waals surface area contributed by atoms with Crippen LogP contribution in [-0.4, -0.2) is 5.54 Å². The largest absolute Gasteiger partial charge is 0.379 e. The van der Waals surface area contributed by atoms with Crippen molar-refractivity contribution in [2.45, 2.75) is 26.3 Å². The van der Waals surface area contributed by atoms with Crippen LogP contribution in [0.5, 0.6) is 0 Å². The zero-order valence-electron chi connectivity index (χ0n) is 8.29. The summed E-state index contributed by atoms with van der Waals surface area (Å²) in [6, 6.07) is 2.47. The molecule has 1 nitrogen and oxygen atoms in total. The second-order valence-electron chi connectivity index (χ2n) is 4.10. The Bertz CT molecular complexity index is 345. The Morgan fingerprint density at radius 3 is 2.29 bits per heavy atom. The Labute approximate surface area is 87.1 Å². The van der Waals surface area contributed by atoms with Crippen LogP contribution in [0.4, 0.5) is 14.5 Å². The summed E-state index contributed by atoms with van der Waals surface area (Å²) < 4.78 is 25.7. The third kappa shape index (κ3) is 2.58.